The summed E-state index contributed by atoms with van der Waals surface area (Å²) < 4.78 is 10.6. The average molecular weight is 378 g/mol. The number of benzene rings is 2. The van der Waals surface area contributed by atoms with Crippen LogP contribution in [0.15, 0.2) is 65.2 Å². The minimum absolute atomic E-state index is 0.0424. The van der Waals surface area contributed by atoms with Crippen LogP contribution in [0.1, 0.15) is 23.8 Å². The maximum atomic E-state index is 12.5. The Kier molecular flexibility index (Phi) is 5.36. The Hall–Kier alpha value is -3.16. The van der Waals surface area contributed by atoms with Gasteiger partial charge in [0.25, 0.3) is 0 Å². The van der Waals surface area contributed by atoms with E-state index in [1.54, 1.807) is 7.11 Å². The number of hydrogen-bond acceptors (Lipinski definition) is 6. The molecule has 144 valence electrons. The lowest BCUT2D eigenvalue weighted by molar-refractivity contribution is -0.123. The van der Waals surface area contributed by atoms with Gasteiger partial charge in [-0.2, -0.15) is 0 Å². The smallest absolute Gasteiger partial charge is 0.238 e. The number of hydrazine groups is 1. The molecule has 0 bridgehead atoms. The molecule has 2 aromatic carbocycles. The number of carbonyl (C=O) groups excluding carboxylic acids is 1. The summed E-state index contributed by atoms with van der Waals surface area (Å²) in [6.07, 6.45) is 0.644. The number of nitrogens with zero attached hydrogens (tertiary/aromatic N) is 1. The largest absolute Gasteiger partial charge is 0.497 e. The van der Waals surface area contributed by atoms with Crippen LogP contribution in [0.2, 0.25) is 0 Å². The topological polar surface area (TPSA) is 88.4 Å². The van der Waals surface area contributed by atoms with Gasteiger partial charge < -0.3 is 14.6 Å². The van der Waals surface area contributed by atoms with Crippen molar-refractivity contribution in [2.24, 2.45) is 0 Å². The lowest BCUT2D eigenvalue weighted by atomic mass is 10.0. The Bertz CT molecular complexity index is 942. The molecule has 1 saturated heterocycles. The van der Waals surface area contributed by atoms with Crippen LogP contribution in [0, 0.1) is 0 Å². The highest BCUT2D eigenvalue weighted by Gasteiger charge is 2.30. The monoisotopic (exact) mass is 378 g/mol. The number of amides is 1. The molecule has 7 nitrogen and oxygen atoms in total. The molecule has 1 fully saturated rings. The predicted octanol–water partition coefficient (Wildman–Crippen LogP) is 2.57. The van der Waals surface area contributed by atoms with Gasteiger partial charge in [0, 0.05) is 17.7 Å². The molecule has 2 unspecified atom stereocenters. The molecule has 3 N–H and O–H groups in total. The number of hydrogen-bond donors (Lipinski definition) is 3. The maximum absolute atomic E-state index is 12.5. The third kappa shape index (κ3) is 4.05. The maximum Gasteiger partial charge on any atom is 0.238 e. The second-order valence-electron chi connectivity index (χ2n) is 6.67. The van der Waals surface area contributed by atoms with Crippen molar-refractivity contribution < 1.29 is 14.1 Å². The first-order valence-corrected chi connectivity index (χ1v) is 9.16. The summed E-state index contributed by atoms with van der Waals surface area (Å²) in [7, 11) is 1.64. The van der Waals surface area contributed by atoms with Crippen LogP contribution in [-0.2, 0) is 11.3 Å². The molecule has 1 aliphatic heterocycles. The van der Waals surface area contributed by atoms with E-state index in [0.717, 1.165) is 22.6 Å². The molecule has 7 heteroatoms. The van der Waals surface area contributed by atoms with Gasteiger partial charge in [-0.25, -0.2) is 10.9 Å². The van der Waals surface area contributed by atoms with Crippen molar-refractivity contribution in [2.75, 3.05) is 7.11 Å². The molecule has 1 aliphatic rings. The second-order valence-corrected chi connectivity index (χ2v) is 6.67. The molecule has 0 radical (unpaired) electrons. The summed E-state index contributed by atoms with van der Waals surface area (Å²) in [5, 5.41) is 6.96. The van der Waals surface area contributed by atoms with Gasteiger partial charge in [0.15, 0.2) is 5.76 Å². The molecule has 3 aromatic rings. The van der Waals surface area contributed by atoms with Crippen molar-refractivity contribution in [1.82, 2.24) is 21.3 Å². The summed E-state index contributed by atoms with van der Waals surface area (Å²) in [4.78, 5) is 12.5. The summed E-state index contributed by atoms with van der Waals surface area (Å²) in [6.45, 7) is 0.292. The van der Waals surface area contributed by atoms with E-state index in [2.05, 4.69) is 21.3 Å². The second kappa shape index (κ2) is 8.24. The quantitative estimate of drug-likeness (QED) is 0.611. The van der Waals surface area contributed by atoms with E-state index in [1.165, 1.54) is 0 Å². The molecule has 4 rings (SSSR count). The van der Waals surface area contributed by atoms with Crippen molar-refractivity contribution in [3.63, 3.8) is 0 Å². The normalized spacial score (nSPS) is 18.8. The van der Waals surface area contributed by atoms with Crippen LogP contribution in [0.3, 0.4) is 0 Å². The zero-order valence-electron chi connectivity index (χ0n) is 15.5. The fraction of sp³-hybridized carbons (Fsp3) is 0.238. The number of ether oxygens (including phenoxy) is 1. The first-order valence-electron chi connectivity index (χ1n) is 9.16. The average Bonchev–Trinajstić information content (AvgIpc) is 3.43. The van der Waals surface area contributed by atoms with Crippen LogP contribution in [0.25, 0.3) is 11.3 Å². The van der Waals surface area contributed by atoms with Crippen molar-refractivity contribution in [2.45, 2.75) is 25.0 Å². The van der Waals surface area contributed by atoms with Gasteiger partial charge in [-0.3, -0.25) is 4.79 Å². The van der Waals surface area contributed by atoms with E-state index < -0.39 is 0 Å². The number of aromatic nitrogens is 1. The number of rotatable bonds is 6. The molecule has 0 spiro atoms. The van der Waals surface area contributed by atoms with Crippen LogP contribution >= 0.6 is 0 Å². The molecule has 0 saturated carbocycles. The van der Waals surface area contributed by atoms with Gasteiger partial charge in [0.1, 0.15) is 17.5 Å². The summed E-state index contributed by atoms with van der Waals surface area (Å²) in [6, 6.07) is 19.2. The van der Waals surface area contributed by atoms with Crippen LogP contribution < -0.4 is 20.9 Å². The van der Waals surface area contributed by atoms with E-state index in [4.69, 9.17) is 9.26 Å². The Labute approximate surface area is 163 Å². The van der Waals surface area contributed by atoms with Crippen molar-refractivity contribution in [3.05, 3.63) is 72.0 Å². The SMILES string of the molecule is COc1cccc(C2CC(C(=O)NCc3cc(-c4ccccc4)no3)NN2)c1. The molecular weight excluding hydrogens is 356 g/mol. The fourth-order valence-corrected chi connectivity index (χ4v) is 3.24. The summed E-state index contributed by atoms with van der Waals surface area (Å²) in [5.74, 6) is 1.32. The molecular formula is C21H22N4O3. The first kappa shape index (κ1) is 18.2. The molecule has 2 atom stereocenters. The highest BCUT2D eigenvalue weighted by Crippen LogP contribution is 2.25. The van der Waals surface area contributed by atoms with E-state index in [9.17, 15) is 4.79 Å². The first-order chi connectivity index (χ1) is 13.7. The van der Waals surface area contributed by atoms with E-state index in [1.807, 2.05) is 60.7 Å². The van der Waals surface area contributed by atoms with E-state index in [-0.39, 0.29) is 18.0 Å². The van der Waals surface area contributed by atoms with Gasteiger partial charge in [0.05, 0.1) is 13.7 Å². The number of carbonyl (C=O) groups is 1. The molecule has 2 heterocycles. The van der Waals surface area contributed by atoms with Gasteiger partial charge in [-0.05, 0) is 24.1 Å². The van der Waals surface area contributed by atoms with Crippen LogP contribution in [0.4, 0.5) is 0 Å². The molecule has 1 amide bonds. The zero-order chi connectivity index (χ0) is 19.3. The van der Waals surface area contributed by atoms with Gasteiger partial charge in [-0.1, -0.05) is 47.6 Å². The number of nitrogens with one attached hydrogen (secondary N) is 3. The lowest BCUT2D eigenvalue weighted by Gasteiger charge is -2.11. The molecule has 28 heavy (non-hydrogen) atoms. The highest BCUT2D eigenvalue weighted by atomic mass is 16.5. The van der Waals surface area contributed by atoms with Gasteiger partial charge in [0.2, 0.25) is 5.91 Å². The Morgan fingerprint density at radius 3 is 2.86 bits per heavy atom. The number of methoxy groups -OCH3 is 1. The highest BCUT2D eigenvalue weighted by molar-refractivity contribution is 5.82. The lowest BCUT2D eigenvalue weighted by Crippen LogP contribution is -2.42. The van der Waals surface area contributed by atoms with E-state index >= 15 is 0 Å². The standard InChI is InChI=1S/C21H22N4O3/c1-27-16-9-5-8-15(10-16)18-12-20(24-23-18)21(26)22-13-17-11-19(25-28-17)14-6-3-2-4-7-14/h2-11,18,20,23-24H,12-13H2,1H3,(H,22,26). The minimum atomic E-state index is -0.326. The summed E-state index contributed by atoms with van der Waals surface area (Å²) in [5.41, 5.74) is 9.04. The van der Waals surface area contributed by atoms with Crippen molar-refractivity contribution in [3.8, 4) is 17.0 Å². The summed E-state index contributed by atoms with van der Waals surface area (Å²) >= 11 is 0. The Morgan fingerprint density at radius 1 is 1.18 bits per heavy atom. The van der Waals surface area contributed by atoms with Gasteiger partial charge in [-0.15, -0.1) is 0 Å². The minimum Gasteiger partial charge on any atom is -0.497 e. The molecule has 1 aromatic heterocycles. The van der Waals surface area contributed by atoms with Gasteiger partial charge >= 0.3 is 0 Å². The van der Waals surface area contributed by atoms with E-state index in [0.29, 0.717) is 18.7 Å². The fourth-order valence-electron chi connectivity index (χ4n) is 3.24. The Morgan fingerprint density at radius 2 is 2.04 bits per heavy atom. The van der Waals surface area contributed by atoms with Crippen LogP contribution in [0.5, 0.6) is 5.75 Å². The molecule has 0 aliphatic carbocycles. The van der Waals surface area contributed by atoms with Crippen molar-refractivity contribution in [1.29, 1.82) is 0 Å². The zero-order valence-corrected chi connectivity index (χ0v) is 15.5. The predicted molar refractivity (Wildman–Crippen MR) is 104 cm³/mol. The third-order valence-corrected chi connectivity index (χ3v) is 4.78. The Balaban J connectivity index is 1.32. The van der Waals surface area contributed by atoms with Crippen molar-refractivity contribution >= 4 is 5.91 Å². The van der Waals surface area contributed by atoms with Crippen LogP contribution in [-0.4, -0.2) is 24.2 Å². The third-order valence-electron chi connectivity index (χ3n) is 4.78.